The van der Waals surface area contributed by atoms with Gasteiger partial charge in [-0.3, -0.25) is 0 Å². The van der Waals surface area contributed by atoms with E-state index in [-0.39, 0.29) is 5.75 Å². The summed E-state index contributed by atoms with van der Waals surface area (Å²) in [5, 5.41) is 0. The van der Waals surface area contributed by atoms with Crippen molar-refractivity contribution >= 4 is 10.0 Å². The van der Waals surface area contributed by atoms with Gasteiger partial charge in [0.05, 0.1) is 12.3 Å². The van der Waals surface area contributed by atoms with Crippen LogP contribution in [0, 0.1) is 0 Å². The van der Waals surface area contributed by atoms with Crippen LogP contribution in [0.15, 0.2) is 12.4 Å². The quantitative estimate of drug-likeness (QED) is 0.755. The normalized spacial score (nSPS) is 17.7. The number of nitrogens with zero attached hydrogens (tertiary/aromatic N) is 3. The molecule has 0 aliphatic carbocycles. The molecule has 1 aromatic heterocycles. The summed E-state index contributed by atoms with van der Waals surface area (Å²) in [6.07, 6.45) is 4.26. The standard InChI is InChI=1S/C9H15N3O2S/c1-2-7-15(13,14)12-6-5-11-4-3-10-9(11)8-12/h3-4H,2,5-8H2,1H3. The zero-order valence-corrected chi connectivity index (χ0v) is 9.57. The Kier molecular flexibility index (Phi) is 2.79. The largest absolute Gasteiger partial charge is 0.333 e. The van der Waals surface area contributed by atoms with Crippen molar-refractivity contribution < 1.29 is 8.42 Å². The molecule has 2 rings (SSSR count). The maximum absolute atomic E-state index is 11.8. The van der Waals surface area contributed by atoms with Crippen LogP contribution in [0.4, 0.5) is 0 Å². The van der Waals surface area contributed by atoms with Crippen LogP contribution in [0.25, 0.3) is 0 Å². The Labute approximate surface area is 89.8 Å². The lowest BCUT2D eigenvalue weighted by Crippen LogP contribution is -2.39. The van der Waals surface area contributed by atoms with E-state index in [1.165, 1.54) is 4.31 Å². The first-order chi connectivity index (χ1) is 7.13. The zero-order valence-electron chi connectivity index (χ0n) is 8.76. The third-order valence-corrected chi connectivity index (χ3v) is 4.59. The van der Waals surface area contributed by atoms with Gasteiger partial charge < -0.3 is 4.57 Å². The van der Waals surface area contributed by atoms with Crippen molar-refractivity contribution in [2.45, 2.75) is 26.4 Å². The first-order valence-corrected chi connectivity index (χ1v) is 6.72. The topological polar surface area (TPSA) is 55.2 Å². The summed E-state index contributed by atoms with van der Waals surface area (Å²) < 4.78 is 27.1. The Morgan fingerprint density at radius 2 is 2.27 bits per heavy atom. The van der Waals surface area contributed by atoms with Gasteiger partial charge in [-0.25, -0.2) is 13.4 Å². The summed E-state index contributed by atoms with van der Waals surface area (Å²) >= 11 is 0. The molecule has 0 spiro atoms. The fraction of sp³-hybridized carbons (Fsp3) is 0.667. The van der Waals surface area contributed by atoms with Crippen LogP contribution >= 0.6 is 0 Å². The summed E-state index contributed by atoms with van der Waals surface area (Å²) in [7, 11) is -3.07. The van der Waals surface area contributed by atoms with E-state index >= 15 is 0 Å². The summed E-state index contributed by atoms with van der Waals surface area (Å²) in [5.74, 6) is 1.06. The van der Waals surface area contributed by atoms with Crippen LogP contribution in [0.3, 0.4) is 0 Å². The summed E-state index contributed by atoms with van der Waals surface area (Å²) in [4.78, 5) is 4.14. The number of fused-ring (bicyclic) bond motifs is 1. The second-order valence-electron chi connectivity index (χ2n) is 3.69. The van der Waals surface area contributed by atoms with Crippen LogP contribution in [0.5, 0.6) is 0 Å². The van der Waals surface area contributed by atoms with E-state index in [1.807, 2.05) is 17.7 Å². The fourth-order valence-corrected chi connectivity index (χ4v) is 3.22. The monoisotopic (exact) mass is 229 g/mol. The van der Waals surface area contributed by atoms with Gasteiger partial charge in [0.2, 0.25) is 10.0 Å². The minimum Gasteiger partial charge on any atom is -0.333 e. The van der Waals surface area contributed by atoms with Gasteiger partial charge in [-0.2, -0.15) is 4.31 Å². The number of rotatable bonds is 3. The SMILES string of the molecule is CCCS(=O)(=O)N1CCn2ccnc2C1. The van der Waals surface area contributed by atoms with Crippen molar-refractivity contribution in [3.63, 3.8) is 0 Å². The fourth-order valence-electron chi connectivity index (χ4n) is 1.78. The van der Waals surface area contributed by atoms with Gasteiger partial charge in [-0.15, -0.1) is 0 Å². The number of hydrogen-bond acceptors (Lipinski definition) is 3. The molecule has 0 unspecified atom stereocenters. The molecule has 0 aromatic carbocycles. The smallest absolute Gasteiger partial charge is 0.214 e. The van der Waals surface area contributed by atoms with Crippen molar-refractivity contribution in [2.75, 3.05) is 12.3 Å². The first kappa shape index (κ1) is 10.6. The molecular formula is C9H15N3O2S. The molecule has 1 aliphatic heterocycles. The van der Waals surface area contributed by atoms with Gasteiger partial charge >= 0.3 is 0 Å². The molecule has 0 radical (unpaired) electrons. The molecule has 0 saturated heterocycles. The summed E-state index contributed by atoms with van der Waals surface area (Å²) in [6, 6.07) is 0. The third-order valence-electron chi connectivity index (χ3n) is 2.57. The minimum atomic E-state index is -3.07. The third kappa shape index (κ3) is 2.05. The Bertz CT molecular complexity index is 438. The highest BCUT2D eigenvalue weighted by Crippen LogP contribution is 2.14. The van der Waals surface area contributed by atoms with Gasteiger partial charge in [0, 0.05) is 25.5 Å². The maximum Gasteiger partial charge on any atom is 0.214 e. The van der Waals surface area contributed by atoms with E-state index in [0.717, 1.165) is 5.82 Å². The van der Waals surface area contributed by atoms with Gasteiger partial charge in [-0.05, 0) is 6.42 Å². The molecule has 0 fully saturated rings. The molecule has 2 heterocycles. The molecule has 5 nitrogen and oxygen atoms in total. The molecule has 0 N–H and O–H groups in total. The molecule has 15 heavy (non-hydrogen) atoms. The Morgan fingerprint density at radius 1 is 1.47 bits per heavy atom. The molecular weight excluding hydrogens is 214 g/mol. The molecule has 0 saturated carbocycles. The average Bonchev–Trinajstić information content (AvgIpc) is 2.63. The van der Waals surface area contributed by atoms with Crippen molar-refractivity contribution in [3.05, 3.63) is 18.2 Å². The van der Waals surface area contributed by atoms with Crippen molar-refractivity contribution in [2.24, 2.45) is 0 Å². The Balaban J connectivity index is 2.16. The minimum absolute atomic E-state index is 0.230. The molecule has 84 valence electrons. The summed E-state index contributed by atoms with van der Waals surface area (Å²) in [5.41, 5.74) is 0. The van der Waals surface area contributed by atoms with Gasteiger partial charge in [0.25, 0.3) is 0 Å². The Morgan fingerprint density at radius 3 is 3.00 bits per heavy atom. The highest BCUT2D eigenvalue weighted by molar-refractivity contribution is 7.89. The predicted octanol–water partition coefficient (Wildman–Crippen LogP) is 0.438. The molecule has 1 aliphatic rings. The lowest BCUT2D eigenvalue weighted by atomic mass is 10.4. The van der Waals surface area contributed by atoms with Crippen molar-refractivity contribution in [3.8, 4) is 0 Å². The molecule has 1 aromatic rings. The van der Waals surface area contributed by atoms with Crippen molar-refractivity contribution in [1.82, 2.24) is 13.9 Å². The highest BCUT2D eigenvalue weighted by Gasteiger charge is 2.26. The molecule has 0 atom stereocenters. The second kappa shape index (κ2) is 3.94. The van der Waals surface area contributed by atoms with Crippen molar-refractivity contribution in [1.29, 1.82) is 0 Å². The van der Waals surface area contributed by atoms with Crippen LogP contribution in [0.1, 0.15) is 19.2 Å². The average molecular weight is 229 g/mol. The Hall–Kier alpha value is -0.880. The lowest BCUT2D eigenvalue weighted by Gasteiger charge is -2.26. The maximum atomic E-state index is 11.8. The van der Waals surface area contributed by atoms with Gasteiger partial charge in [0.15, 0.2) is 0 Å². The van der Waals surface area contributed by atoms with Crippen LogP contribution in [0.2, 0.25) is 0 Å². The summed E-state index contributed by atoms with van der Waals surface area (Å²) in [6.45, 7) is 3.56. The predicted molar refractivity (Wildman–Crippen MR) is 56.7 cm³/mol. The van der Waals surface area contributed by atoms with Crippen LogP contribution < -0.4 is 0 Å². The van der Waals surface area contributed by atoms with E-state index < -0.39 is 10.0 Å². The molecule has 6 heteroatoms. The molecule has 0 amide bonds. The number of sulfonamides is 1. The van der Waals surface area contributed by atoms with Gasteiger partial charge in [0.1, 0.15) is 5.82 Å². The lowest BCUT2D eigenvalue weighted by molar-refractivity contribution is 0.335. The van der Waals surface area contributed by atoms with Gasteiger partial charge in [-0.1, -0.05) is 6.92 Å². The van der Waals surface area contributed by atoms with Crippen LogP contribution in [-0.2, 0) is 23.1 Å². The molecule has 0 bridgehead atoms. The first-order valence-electron chi connectivity index (χ1n) is 5.11. The van der Waals surface area contributed by atoms with E-state index in [0.29, 0.717) is 26.1 Å². The second-order valence-corrected chi connectivity index (χ2v) is 5.77. The zero-order chi connectivity index (χ0) is 10.9. The number of imidazole rings is 1. The number of hydrogen-bond donors (Lipinski definition) is 0. The van der Waals surface area contributed by atoms with Crippen LogP contribution in [-0.4, -0.2) is 34.6 Å². The van der Waals surface area contributed by atoms with E-state index in [1.54, 1.807) is 6.20 Å². The van der Waals surface area contributed by atoms with E-state index in [4.69, 9.17) is 0 Å². The van der Waals surface area contributed by atoms with E-state index in [9.17, 15) is 8.42 Å². The number of aromatic nitrogens is 2. The van der Waals surface area contributed by atoms with E-state index in [2.05, 4.69) is 4.98 Å². The highest BCUT2D eigenvalue weighted by atomic mass is 32.2.